The molecule has 0 nitrogen and oxygen atoms in total. The highest BCUT2D eigenvalue weighted by molar-refractivity contribution is 5.22. The molecule has 54 heavy (non-hydrogen) atoms. The molecule has 0 heterocycles. The maximum absolute atomic E-state index is 13.8. The van der Waals surface area contributed by atoms with Crippen LogP contribution < -0.4 is 0 Å². The summed E-state index contributed by atoms with van der Waals surface area (Å²) in [6.45, 7) is -0.453. The third kappa shape index (κ3) is 5.59. The predicted octanol–water partition coefficient (Wildman–Crippen LogP) is 12.1. The monoisotopic (exact) mass is 898 g/mol. The molecule has 0 unspecified atom stereocenters. The molecule has 0 amide bonds. The molecular formula is C19H5F35. The topological polar surface area (TPSA) is 0 Å². The summed E-state index contributed by atoms with van der Waals surface area (Å²) >= 11 is 0. The number of alkyl halides is 35. The van der Waals surface area contributed by atoms with Crippen molar-refractivity contribution in [1.82, 2.24) is 0 Å². The molecule has 0 saturated heterocycles. The molecule has 0 aliphatic rings. The summed E-state index contributed by atoms with van der Waals surface area (Å²) in [7, 11) is 0. The van der Waals surface area contributed by atoms with E-state index in [0.717, 1.165) is 0 Å². The maximum Gasteiger partial charge on any atom is 0.460 e. The zero-order valence-corrected chi connectivity index (χ0v) is 23.4. The summed E-state index contributed by atoms with van der Waals surface area (Å²) in [5, 5.41) is 0. The van der Waals surface area contributed by atoms with E-state index >= 15 is 0 Å². The maximum atomic E-state index is 13.8. The van der Waals surface area contributed by atoms with Crippen molar-refractivity contribution in [2.45, 2.75) is 114 Å². The number of halogens is 35. The highest BCUT2D eigenvalue weighted by Crippen LogP contribution is 2.70. The first-order chi connectivity index (χ1) is 22.6. The molecule has 0 saturated carbocycles. The standard InChI is InChI=1S/C19H5F35/c1-2-3(20,21)4(22,23)5(24,25)6(26,27)7(28,29)8(30,31)9(32,33)10(34,35)11(36,37)12(38,39)13(40,41)14(42,43)15(44,45)16(46,47)17(48,49)18(50,51)19(52,53)54/h2H2,1H3. The molecular weight excluding hydrogens is 893 g/mol. The number of hydrogen-bond donors (Lipinski definition) is 0. The third-order valence-electron chi connectivity index (χ3n) is 6.78. The Hall–Kier alpha value is -2.45. The molecule has 0 bridgehead atoms. The van der Waals surface area contributed by atoms with Crippen LogP contribution in [0.2, 0.25) is 0 Å². The minimum absolute atomic E-state index is 0.453. The molecule has 0 rings (SSSR count). The Labute approximate surface area is 269 Å². The van der Waals surface area contributed by atoms with Gasteiger partial charge in [-0.2, -0.15) is 154 Å². The first-order valence-electron chi connectivity index (χ1n) is 11.7. The van der Waals surface area contributed by atoms with Crippen LogP contribution in [0, 0.1) is 0 Å². The number of hydrogen-bond acceptors (Lipinski definition) is 0. The van der Waals surface area contributed by atoms with Crippen LogP contribution in [-0.2, 0) is 0 Å². The summed E-state index contributed by atoms with van der Waals surface area (Å²) in [5.74, 6) is -153. The fourth-order valence-corrected chi connectivity index (χ4v) is 3.19. The first-order valence-corrected chi connectivity index (χ1v) is 11.7. The molecule has 0 aromatic heterocycles. The van der Waals surface area contributed by atoms with Crippen molar-refractivity contribution >= 4 is 0 Å². The molecule has 326 valence electrons. The van der Waals surface area contributed by atoms with Crippen LogP contribution in [-0.4, -0.2) is 101 Å². The normalized spacial score (nSPS) is 17.3. The Morgan fingerprint density at radius 3 is 0.407 bits per heavy atom. The van der Waals surface area contributed by atoms with Gasteiger partial charge in [0, 0.05) is 6.42 Å². The SMILES string of the molecule is CCC(F)(F)C(F)(F)C(F)(F)C(F)(F)C(F)(F)C(F)(F)C(F)(F)C(F)(F)C(F)(F)C(F)(F)C(F)(F)C(F)(F)C(F)(F)C(F)(F)C(F)(F)C(F)(F)C(F)(F)F. The fraction of sp³-hybridized carbons (Fsp3) is 1.00. The minimum atomic E-state index is -10.3. The van der Waals surface area contributed by atoms with Crippen LogP contribution >= 0.6 is 0 Å². The van der Waals surface area contributed by atoms with Crippen LogP contribution in [0.1, 0.15) is 13.3 Å². The summed E-state index contributed by atoms with van der Waals surface area (Å²) in [5.41, 5.74) is 0. The highest BCUT2D eigenvalue weighted by atomic mass is 19.4. The predicted molar refractivity (Wildman–Crippen MR) is 95.5 cm³/mol. The molecule has 0 atom stereocenters. The van der Waals surface area contributed by atoms with Crippen LogP contribution in [0.25, 0.3) is 0 Å². The second-order valence-corrected chi connectivity index (χ2v) is 10.2. The van der Waals surface area contributed by atoms with E-state index in [9.17, 15) is 154 Å². The Kier molecular flexibility index (Phi) is 11.7. The molecule has 35 heteroatoms. The summed E-state index contributed by atoms with van der Waals surface area (Å²) in [6.07, 6.45) is -11.4. The van der Waals surface area contributed by atoms with E-state index in [1.807, 2.05) is 0 Å². The van der Waals surface area contributed by atoms with Crippen molar-refractivity contribution in [2.75, 3.05) is 0 Å². The van der Waals surface area contributed by atoms with Gasteiger partial charge < -0.3 is 0 Å². The van der Waals surface area contributed by atoms with Gasteiger partial charge in [-0.05, 0) is 0 Å². The highest BCUT2D eigenvalue weighted by Gasteiger charge is 3.02. The summed E-state index contributed by atoms with van der Waals surface area (Å²) in [6, 6.07) is 0. The van der Waals surface area contributed by atoms with Crippen molar-refractivity contribution in [3.05, 3.63) is 0 Å². The van der Waals surface area contributed by atoms with Crippen molar-refractivity contribution in [3.8, 4) is 0 Å². The van der Waals surface area contributed by atoms with Gasteiger partial charge in [-0.3, -0.25) is 0 Å². The van der Waals surface area contributed by atoms with Gasteiger partial charge in [0.2, 0.25) is 0 Å². The molecule has 0 N–H and O–H groups in total. The molecule has 0 fully saturated rings. The average molecular weight is 898 g/mol. The van der Waals surface area contributed by atoms with E-state index < -0.39 is 114 Å². The molecule has 0 radical (unpaired) electrons. The second kappa shape index (κ2) is 12.3. The van der Waals surface area contributed by atoms with Gasteiger partial charge in [0.15, 0.2) is 0 Å². The van der Waals surface area contributed by atoms with Crippen molar-refractivity contribution in [1.29, 1.82) is 0 Å². The minimum Gasteiger partial charge on any atom is -0.200 e. The zero-order valence-electron chi connectivity index (χ0n) is 23.4. The molecule has 0 aromatic rings. The fourth-order valence-electron chi connectivity index (χ4n) is 3.19. The van der Waals surface area contributed by atoms with Crippen molar-refractivity contribution in [3.63, 3.8) is 0 Å². The van der Waals surface area contributed by atoms with E-state index in [0.29, 0.717) is 0 Å². The lowest BCUT2D eigenvalue weighted by molar-refractivity contribution is -0.492. The van der Waals surface area contributed by atoms with Crippen LogP contribution in [0.4, 0.5) is 154 Å². The Balaban J connectivity index is 7.79. The Morgan fingerprint density at radius 1 is 0.185 bits per heavy atom. The van der Waals surface area contributed by atoms with Gasteiger partial charge >= 0.3 is 101 Å². The Morgan fingerprint density at radius 2 is 0.296 bits per heavy atom. The molecule has 0 spiro atoms. The van der Waals surface area contributed by atoms with Gasteiger partial charge in [-0.1, -0.05) is 6.92 Å². The van der Waals surface area contributed by atoms with Crippen molar-refractivity contribution < 1.29 is 154 Å². The van der Waals surface area contributed by atoms with Gasteiger partial charge in [-0.15, -0.1) is 0 Å². The van der Waals surface area contributed by atoms with Gasteiger partial charge in [0.05, 0.1) is 0 Å². The van der Waals surface area contributed by atoms with Crippen LogP contribution in [0.5, 0.6) is 0 Å². The van der Waals surface area contributed by atoms with E-state index in [1.54, 1.807) is 0 Å². The van der Waals surface area contributed by atoms with E-state index in [-0.39, 0.29) is 0 Å². The molecule has 0 aliphatic carbocycles. The number of rotatable bonds is 16. The lowest BCUT2D eigenvalue weighted by Crippen LogP contribution is -2.80. The first kappa shape index (κ1) is 51.5. The van der Waals surface area contributed by atoms with Gasteiger partial charge in [-0.25, -0.2) is 0 Å². The van der Waals surface area contributed by atoms with Crippen LogP contribution in [0.15, 0.2) is 0 Å². The van der Waals surface area contributed by atoms with E-state index in [2.05, 4.69) is 0 Å². The average Bonchev–Trinajstić information content (AvgIpc) is 2.94. The summed E-state index contributed by atoms with van der Waals surface area (Å²) < 4.78 is 470. The van der Waals surface area contributed by atoms with Crippen LogP contribution in [0.3, 0.4) is 0 Å². The lowest BCUT2D eigenvalue weighted by Gasteiger charge is -2.47. The Bertz CT molecular complexity index is 1350. The second-order valence-electron chi connectivity index (χ2n) is 10.2. The quantitative estimate of drug-likeness (QED) is 0.135. The van der Waals surface area contributed by atoms with Gasteiger partial charge in [0.1, 0.15) is 0 Å². The molecule has 0 aliphatic heterocycles. The third-order valence-corrected chi connectivity index (χ3v) is 6.78. The largest absolute Gasteiger partial charge is 0.460 e. The van der Waals surface area contributed by atoms with Gasteiger partial charge in [0.25, 0.3) is 0 Å². The smallest absolute Gasteiger partial charge is 0.200 e. The van der Waals surface area contributed by atoms with E-state index in [1.165, 1.54) is 0 Å². The summed E-state index contributed by atoms with van der Waals surface area (Å²) in [4.78, 5) is 0. The molecule has 0 aromatic carbocycles. The zero-order chi connectivity index (χ0) is 45.2. The van der Waals surface area contributed by atoms with E-state index in [4.69, 9.17) is 0 Å². The van der Waals surface area contributed by atoms with Crippen molar-refractivity contribution in [2.24, 2.45) is 0 Å². The lowest BCUT2D eigenvalue weighted by atomic mass is 9.82.